The molecular formula is C14H20O3. The molecular weight excluding hydrogens is 216 g/mol. The second-order valence-electron chi connectivity index (χ2n) is 5.18. The zero-order valence-electron chi connectivity index (χ0n) is 10.8. The van der Waals surface area contributed by atoms with E-state index in [0.29, 0.717) is 0 Å². The molecule has 1 N–H and O–H groups in total. The van der Waals surface area contributed by atoms with Gasteiger partial charge < -0.3 is 9.84 Å². The average Bonchev–Trinajstić information content (AvgIpc) is 2.26. The van der Waals surface area contributed by atoms with Crippen molar-refractivity contribution in [3.05, 3.63) is 35.9 Å². The highest BCUT2D eigenvalue weighted by Crippen LogP contribution is 2.24. The van der Waals surface area contributed by atoms with Gasteiger partial charge >= 0.3 is 5.97 Å². The van der Waals surface area contributed by atoms with Gasteiger partial charge in [0.05, 0.1) is 12.0 Å². The molecule has 0 aromatic heterocycles. The zero-order valence-corrected chi connectivity index (χ0v) is 10.8. The zero-order chi connectivity index (χ0) is 13.1. The molecule has 17 heavy (non-hydrogen) atoms. The fourth-order valence-corrected chi connectivity index (χ4v) is 1.46. The molecule has 0 spiro atoms. The van der Waals surface area contributed by atoms with Crippen molar-refractivity contribution in [1.82, 2.24) is 0 Å². The van der Waals surface area contributed by atoms with Gasteiger partial charge in [0.25, 0.3) is 0 Å². The van der Waals surface area contributed by atoms with Crippen LogP contribution in [0.3, 0.4) is 0 Å². The van der Waals surface area contributed by atoms with Crippen LogP contribution in [-0.4, -0.2) is 16.7 Å². The number of ether oxygens (including phenoxy) is 1. The molecule has 0 radical (unpaired) electrons. The molecule has 94 valence electrons. The van der Waals surface area contributed by atoms with Gasteiger partial charge in [-0.25, -0.2) is 0 Å². The number of hydrogen-bond donors (Lipinski definition) is 1. The summed E-state index contributed by atoms with van der Waals surface area (Å²) in [4.78, 5) is 11.8. The lowest BCUT2D eigenvalue weighted by atomic mass is 9.97. The van der Waals surface area contributed by atoms with Crippen molar-refractivity contribution in [2.75, 3.05) is 0 Å². The maximum Gasteiger partial charge on any atom is 0.312 e. The van der Waals surface area contributed by atoms with Crippen LogP contribution in [0.15, 0.2) is 30.3 Å². The third kappa shape index (κ3) is 4.19. The van der Waals surface area contributed by atoms with E-state index in [1.54, 1.807) is 19.1 Å². The van der Waals surface area contributed by atoms with Gasteiger partial charge in [-0.2, -0.15) is 0 Å². The Morgan fingerprint density at radius 1 is 1.24 bits per heavy atom. The summed E-state index contributed by atoms with van der Waals surface area (Å²) in [6.45, 7) is 7.11. The van der Waals surface area contributed by atoms with E-state index >= 15 is 0 Å². The van der Waals surface area contributed by atoms with Gasteiger partial charge in [0.1, 0.15) is 5.60 Å². The Kier molecular flexibility index (Phi) is 4.29. The van der Waals surface area contributed by atoms with Crippen LogP contribution in [0, 0.1) is 5.92 Å². The van der Waals surface area contributed by atoms with Crippen molar-refractivity contribution in [2.24, 2.45) is 5.92 Å². The molecule has 0 amide bonds. The van der Waals surface area contributed by atoms with Crippen molar-refractivity contribution in [1.29, 1.82) is 0 Å². The van der Waals surface area contributed by atoms with Gasteiger partial charge in [0.15, 0.2) is 0 Å². The van der Waals surface area contributed by atoms with Gasteiger partial charge in [-0.3, -0.25) is 4.79 Å². The van der Waals surface area contributed by atoms with Gasteiger partial charge in [0, 0.05) is 0 Å². The highest BCUT2D eigenvalue weighted by atomic mass is 16.6. The predicted octanol–water partition coefficient (Wildman–Crippen LogP) is 2.70. The Balaban J connectivity index is 2.70. The van der Waals surface area contributed by atoms with E-state index in [4.69, 9.17) is 4.74 Å². The topological polar surface area (TPSA) is 46.5 Å². The fourth-order valence-electron chi connectivity index (χ4n) is 1.46. The Labute approximate surface area is 102 Å². The van der Waals surface area contributed by atoms with Crippen LogP contribution in [0.5, 0.6) is 0 Å². The summed E-state index contributed by atoms with van der Waals surface area (Å²) in [6, 6.07) is 9.13. The lowest BCUT2D eigenvalue weighted by molar-refractivity contribution is -0.163. The molecule has 0 saturated carbocycles. The largest absolute Gasteiger partial charge is 0.460 e. The molecule has 0 aliphatic rings. The highest BCUT2D eigenvalue weighted by Gasteiger charge is 2.28. The Morgan fingerprint density at radius 2 is 1.76 bits per heavy atom. The molecule has 0 aliphatic carbocycles. The molecule has 0 fully saturated rings. The van der Waals surface area contributed by atoms with Crippen LogP contribution in [0.4, 0.5) is 0 Å². The van der Waals surface area contributed by atoms with Crippen molar-refractivity contribution in [3.8, 4) is 0 Å². The molecule has 0 saturated heterocycles. The second kappa shape index (κ2) is 5.32. The standard InChI is InChI=1S/C14H20O3/c1-10(13(16)17-14(2,3)4)12(15)11-8-6-5-7-9-11/h5-10,12,15H,1-4H3/t10-,12-/m1/s1. The number of esters is 1. The summed E-state index contributed by atoms with van der Waals surface area (Å²) >= 11 is 0. The Morgan fingerprint density at radius 3 is 2.24 bits per heavy atom. The molecule has 1 aromatic rings. The van der Waals surface area contributed by atoms with Crippen LogP contribution >= 0.6 is 0 Å². The number of aliphatic hydroxyl groups is 1. The molecule has 2 atom stereocenters. The molecule has 3 heteroatoms. The number of carbonyl (C=O) groups excluding carboxylic acids is 1. The lowest BCUT2D eigenvalue weighted by Crippen LogP contribution is -2.30. The Hall–Kier alpha value is -1.35. The third-order valence-corrected chi connectivity index (χ3v) is 2.39. The first kappa shape index (κ1) is 13.7. The summed E-state index contributed by atoms with van der Waals surface area (Å²) in [7, 11) is 0. The number of rotatable bonds is 3. The van der Waals surface area contributed by atoms with Crippen LogP contribution in [0.1, 0.15) is 39.4 Å². The summed E-state index contributed by atoms with van der Waals surface area (Å²) in [5.41, 5.74) is 0.202. The van der Waals surface area contributed by atoms with Crippen LogP contribution in [0.25, 0.3) is 0 Å². The maximum absolute atomic E-state index is 11.8. The number of hydrogen-bond acceptors (Lipinski definition) is 3. The molecule has 1 aromatic carbocycles. The molecule has 0 aliphatic heterocycles. The average molecular weight is 236 g/mol. The summed E-state index contributed by atoms with van der Waals surface area (Å²) in [6.07, 6.45) is -0.828. The van der Waals surface area contributed by atoms with Gasteiger partial charge in [0.2, 0.25) is 0 Å². The molecule has 0 bridgehead atoms. The summed E-state index contributed by atoms with van der Waals surface area (Å²) in [5, 5.41) is 10.1. The Bertz CT molecular complexity index is 365. The first-order chi connectivity index (χ1) is 7.81. The van der Waals surface area contributed by atoms with Gasteiger partial charge in [-0.05, 0) is 33.3 Å². The second-order valence-corrected chi connectivity index (χ2v) is 5.18. The van der Waals surface area contributed by atoms with E-state index in [1.807, 2.05) is 39.0 Å². The SMILES string of the molecule is C[C@@H](C(=O)OC(C)(C)C)[C@@H](O)c1ccccc1. The number of benzene rings is 1. The smallest absolute Gasteiger partial charge is 0.312 e. The molecule has 0 heterocycles. The molecule has 3 nitrogen and oxygen atoms in total. The first-order valence-electron chi connectivity index (χ1n) is 5.77. The molecule has 0 unspecified atom stereocenters. The van der Waals surface area contributed by atoms with E-state index in [-0.39, 0.29) is 5.97 Å². The minimum atomic E-state index is -0.828. The summed E-state index contributed by atoms with van der Waals surface area (Å²) in [5.74, 6) is -0.953. The van der Waals surface area contributed by atoms with Gasteiger partial charge in [-0.15, -0.1) is 0 Å². The van der Waals surface area contributed by atoms with Crippen LogP contribution in [0.2, 0.25) is 0 Å². The van der Waals surface area contributed by atoms with Crippen molar-refractivity contribution >= 4 is 5.97 Å². The fraction of sp³-hybridized carbons (Fsp3) is 0.500. The lowest BCUT2D eigenvalue weighted by Gasteiger charge is -2.24. The normalized spacial score (nSPS) is 15.1. The minimum Gasteiger partial charge on any atom is -0.460 e. The maximum atomic E-state index is 11.8. The highest BCUT2D eigenvalue weighted by molar-refractivity contribution is 5.73. The van der Waals surface area contributed by atoms with E-state index in [1.165, 1.54) is 0 Å². The predicted molar refractivity (Wildman–Crippen MR) is 66.4 cm³/mol. The third-order valence-electron chi connectivity index (χ3n) is 2.39. The number of aliphatic hydroxyl groups excluding tert-OH is 1. The van der Waals surface area contributed by atoms with E-state index in [9.17, 15) is 9.90 Å². The van der Waals surface area contributed by atoms with E-state index < -0.39 is 17.6 Å². The monoisotopic (exact) mass is 236 g/mol. The quantitative estimate of drug-likeness (QED) is 0.821. The first-order valence-corrected chi connectivity index (χ1v) is 5.77. The van der Waals surface area contributed by atoms with E-state index in [2.05, 4.69) is 0 Å². The molecule has 1 rings (SSSR count). The number of carbonyl (C=O) groups is 1. The van der Waals surface area contributed by atoms with E-state index in [0.717, 1.165) is 5.56 Å². The van der Waals surface area contributed by atoms with Crippen molar-refractivity contribution in [3.63, 3.8) is 0 Å². The van der Waals surface area contributed by atoms with Crippen molar-refractivity contribution < 1.29 is 14.6 Å². The summed E-state index contributed by atoms with van der Waals surface area (Å²) < 4.78 is 5.24. The minimum absolute atomic E-state index is 0.381. The van der Waals surface area contributed by atoms with Gasteiger partial charge in [-0.1, -0.05) is 30.3 Å². The van der Waals surface area contributed by atoms with Crippen LogP contribution < -0.4 is 0 Å². The van der Waals surface area contributed by atoms with Crippen molar-refractivity contribution in [2.45, 2.75) is 39.4 Å². The van der Waals surface area contributed by atoms with Crippen LogP contribution in [-0.2, 0) is 9.53 Å².